The average Bonchev–Trinajstić information content (AvgIpc) is 2.74. The predicted molar refractivity (Wildman–Crippen MR) is 106 cm³/mol. The van der Waals surface area contributed by atoms with Gasteiger partial charge in [-0.1, -0.05) is 0 Å². The predicted octanol–water partition coefficient (Wildman–Crippen LogP) is 1.79. The van der Waals surface area contributed by atoms with Crippen LogP contribution in [0.5, 0.6) is 5.75 Å². The molecule has 7 nitrogen and oxygen atoms in total. The van der Waals surface area contributed by atoms with Crippen LogP contribution >= 0.6 is 0 Å². The summed E-state index contributed by atoms with van der Waals surface area (Å²) in [6.45, 7) is 4.58. The fourth-order valence-corrected chi connectivity index (χ4v) is 3.11. The molecule has 2 heterocycles. The maximum absolute atomic E-state index is 12.2. The lowest BCUT2D eigenvalue weighted by Gasteiger charge is -2.37. The van der Waals surface area contributed by atoms with Crippen molar-refractivity contribution >= 4 is 17.3 Å². The Morgan fingerprint density at radius 3 is 2.33 bits per heavy atom. The zero-order valence-corrected chi connectivity index (χ0v) is 15.9. The molecule has 1 aromatic heterocycles. The summed E-state index contributed by atoms with van der Waals surface area (Å²) in [5.41, 5.74) is 2.65. The van der Waals surface area contributed by atoms with Gasteiger partial charge in [0.2, 0.25) is 0 Å². The number of rotatable bonds is 7. The van der Waals surface area contributed by atoms with Crippen molar-refractivity contribution in [3.63, 3.8) is 0 Å². The lowest BCUT2D eigenvalue weighted by atomic mass is 10.2. The van der Waals surface area contributed by atoms with Crippen LogP contribution in [0.3, 0.4) is 0 Å². The number of benzene rings is 1. The van der Waals surface area contributed by atoms with Crippen molar-refractivity contribution in [2.24, 2.45) is 0 Å². The van der Waals surface area contributed by atoms with E-state index in [2.05, 4.69) is 32.2 Å². The number of methoxy groups -OCH3 is 2. The van der Waals surface area contributed by atoms with Gasteiger partial charge in [-0.2, -0.15) is 0 Å². The van der Waals surface area contributed by atoms with Gasteiger partial charge in [-0.15, -0.1) is 0 Å². The molecule has 27 heavy (non-hydrogen) atoms. The Balaban J connectivity index is 1.58. The molecule has 1 amide bonds. The molecule has 1 fully saturated rings. The molecule has 144 valence electrons. The molecular formula is C20H26N4O3. The summed E-state index contributed by atoms with van der Waals surface area (Å²) in [6, 6.07) is 11.9. The summed E-state index contributed by atoms with van der Waals surface area (Å²) < 4.78 is 10.2. The molecule has 1 aliphatic heterocycles. The number of carbonyl (C=O) groups is 1. The van der Waals surface area contributed by atoms with Crippen molar-refractivity contribution in [1.29, 1.82) is 0 Å². The van der Waals surface area contributed by atoms with Crippen LogP contribution in [0.25, 0.3) is 0 Å². The van der Waals surface area contributed by atoms with E-state index in [-0.39, 0.29) is 5.91 Å². The Hall–Kier alpha value is -2.80. The largest absolute Gasteiger partial charge is 0.497 e. The number of ether oxygens (including phenoxy) is 2. The van der Waals surface area contributed by atoms with Gasteiger partial charge in [0.05, 0.1) is 13.7 Å². The standard InChI is InChI=1S/C20H26N4O3/c1-26-14-9-22-20(25)19-15-17(7-8-21-19)24-12-10-23(11-13-24)16-3-5-18(27-2)6-4-16/h3-8,15H,9-14H2,1-2H3,(H,22,25). The van der Waals surface area contributed by atoms with Gasteiger partial charge in [-0.3, -0.25) is 9.78 Å². The number of pyridine rings is 1. The first-order valence-electron chi connectivity index (χ1n) is 9.08. The minimum Gasteiger partial charge on any atom is -0.497 e. The molecule has 0 aliphatic carbocycles. The van der Waals surface area contributed by atoms with Crippen LogP contribution in [0.2, 0.25) is 0 Å². The Labute approximate surface area is 159 Å². The molecular weight excluding hydrogens is 344 g/mol. The highest BCUT2D eigenvalue weighted by Crippen LogP contribution is 2.23. The number of hydrogen-bond acceptors (Lipinski definition) is 6. The first-order chi connectivity index (χ1) is 13.2. The highest BCUT2D eigenvalue weighted by molar-refractivity contribution is 5.93. The smallest absolute Gasteiger partial charge is 0.270 e. The molecule has 0 unspecified atom stereocenters. The van der Waals surface area contributed by atoms with E-state index >= 15 is 0 Å². The van der Waals surface area contributed by atoms with Gasteiger partial charge in [-0.05, 0) is 36.4 Å². The number of carbonyl (C=O) groups excluding carboxylic acids is 1. The number of hydrogen-bond donors (Lipinski definition) is 1. The lowest BCUT2D eigenvalue weighted by Crippen LogP contribution is -2.46. The number of nitrogens with one attached hydrogen (secondary N) is 1. The number of nitrogens with zero attached hydrogens (tertiary/aromatic N) is 3. The molecule has 0 radical (unpaired) electrons. The van der Waals surface area contributed by atoms with Gasteiger partial charge in [0, 0.05) is 57.4 Å². The Kier molecular flexibility index (Phi) is 6.49. The summed E-state index contributed by atoms with van der Waals surface area (Å²) in [4.78, 5) is 21.0. The van der Waals surface area contributed by atoms with Crippen LogP contribution in [-0.4, -0.2) is 64.4 Å². The van der Waals surface area contributed by atoms with Crippen molar-refractivity contribution in [2.45, 2.75) is 0 Å². The molecule has 2 aromatic rings. The molecule has 0 saturated carbocycles. The Morgan fingerprint density at radius 2 is 1.70 bits per heavy atom. The number of piperazine rings is 1. The summed E-state index contributed by atoms with van der Waals surface area (Å²) in [7, 11) is 3.28. The van der Waals surface area contributed by atoms with Crippen LogP contribution in [-0.2, 0) is 4.74 Å². The van der Waals surface area contributed by atoms with Gasteiger partial charge in [0.1, 0.15) is 11.4 Å². The van der Waals surface area contributed by atoms with E-state index < -0.39 is 0 Å². The third kappa shape index (κ3) is 4.89. The average molecular weight is 370 g/mol. The van der Waals surface area contributed by atoms with Crippen molar-refractivity contribution in [2.75, 3.05) is 63.4 Å². The van der Waals surface area contributed by atoms with Crippen LogP contribution in [0, 0.1) is 0 Å². The zero-order chi connectivity index (χ0) is 19.1. The molecule has 1 aromatic carbocycles. The van der Waals surface area contributed by atoms with E-state index in [4.69, 9.17) is 9.47 Å². The molecule has 7 heteroatoms. The SMILES string of the molecule is COCCNC(=O)c1cc(N2CCN(c3ccc(OC)cc3)CC2)ccn1. The molecule has 0 atom stereocenters. The van der Waals surface area contributed by atoms with E-state index in [1.807, 2.05) is 24.3 Å². The van der Waals surface area contributed by atoms with E-state index in [0.29, 0.717) is 18.8 Å². The summed E-state index contributed by atoms with van der Waals surface area (Å²) in [6.07, 6.45) is 1.69. The van der Waals surface area contributed by atoms with Gasteiger partial charge in [-0.25, -0.2) is 0 Å². The quantitative estimate of drug-likeness (QED) is 0.750. The second-order valence-electron chi connectivity index (χ2n) is 6.32. The lowest BCUT2D eigenvalue weighted by molar-refractivity contribution is 0.0932. The molecule has 1 N–H and O–H groups in total. The van der Waals surface area contributed by atoms with E-state index in [1.54, 1.807) is 20.4 Å². The molecule has 0 spiro atoms. The fourth-order valence-electron chi connectivity index (χ4n) is 3.11. The molecule has 3 rings (SSSR count). The first kappa shape index (κ1) is 19.0. The van der Waals surface area contributed by atoms with Crippen molar-refractivity contribution in [1.82, 2.24) is 10.3 Å². The van der Waals surface area contributed by atoms with E-state index in [9.17, 15) is 4.79 Å². The molecule has 1 saturated heterocycles. The van der Waals surface area contributed by atoms with Crippen LogP contribution in [0.4, 0.5) is 11.4 Å². The number of anilines is 2. The van der Waals surface area contributed by atoms with Crippen molar-refractivity contribution in [3.8, 4) is 5.75 Å². The topological polar surface area (TPSA) is 66.9 Å². The van der Waals surface area contributed by atoms with Gasteiger partial charge < -0.3 is 24.6 Å². The third-order valence-electron chi connectivity index (χ3n) is 4.65. The summed E-state index contributed by atoms with van der Waals surface area (Å²) in [5, 5.41) is 2.80. The van der Waals surface area contributed by atoms with Crippen molar-refractivity contribution < 1.29 is 14.3 Å². The number of aromatic nitrogens is 1. The zero-order valence-electron chi connectivity index (χ0n) is 15.9. The van der Waals surface area contributed by atoms with Gasteiger partial charge >= 0.3 is 0 Å². The van der Waals surface area contributed by atoms with Gasteiger partial charge in [0.25, 0.3) is 5.91 Å². The Morgan fingerprint density at radius 1 is 1.04 bits per heavy atom. The summed E-state index contributed by atoms with van der Waals surface area (Å²) >= 11 is 0. The second kappa shape index (κ2) is 9.23. The number of amides is 1. The maximum atomic E-state index is 12.2. The van der Waals surface area contributed by atoms with Gasteiger partial charge in [0.15, 0.2) is 0 Å². The fraction of sp³-hybridized carbons (Fsp3) is 0.400. The van der Waals surface area contributed by atoms with Crippen LogP contribution < -0.4 is 19.9 Å². The van der Waals surface area contributed by atoms with Crippen molar-refractivity contribution in [3.05, 3.63) is 48.3 Å². The minimum absolute atomic E-state index is 0.175. The monoisotopic (exact) mass is 370 g/mol. The Bertz CT molecular complexity index is 743. The highest BCUT2D eigenvalue weighted by Gasteiger charge is 2.19. The first-order valence-corrected chi connectivity index (χ1v) is 9.08. The van der Waals surface area contributed by atoms with E-state index in [0.717, 1.165) is 37.6 Å². The highest BCUT2D eigenvalue weighted by atomic mass is 16.5. The normalized spacial score (nSPS) is 14.1. The maximum Gasteiger partial charge on any atom is 0.270 e. The minimum atomic E-state index is -0.175. The summed E-state index contributed by atoms with van der Waals surface area (Å²) in [5.74, 6) is 0.691. The van der Waals surface area contributed by atoms with Crippen LogP contribution in [0.1, 0.15) is 10.5 Å². The van der Waals surface area contributed by atoms with Crippen LogP contribution in [0.15, 0.2) is 42.6 Å². The molecule has 0 bridgehead atoms. The third-order valence-corrected chi connectivity index (χ3v) is 4.65. The second-order valence-corrected chi connectivity index (χ2v) is 6.32. The van der Waals surface area contributed by atoms with E-state index in [1.165, 1.54) is 5.69 Å². The molecule has 1 aliphatic rings.